The van der Waals surface area contributed by atoms with Gasteiger partial charge in [-0.1, -0.05) is 22.8 Å². The van der Waals surface area contributed by atoms with Crippen molar-refractivity contribution in [2.24, 2.45) is 0 Å². The van der Waals surface area contributed by atoms with Crippen molar-refractivity contribution >= 4 is 33.4 Å². The number of halogens is 2. The highest BCUT2D eigenvalue weighted by molar-refractivity contribution is 7.91. The van der Waals surface area contributed by atoms with Crippen LogP contribution in [0, 0.1) is 5.82 Å². The molecular weight excluding hydrogens is 397 g/mol. The molecule has 3 rings (SSSR count). The highest BCUT2D eigenvalue weighted by Crippen LogP contribution is 2.23. The van der Waals surface area contributed by atoms with E-state index in [0.717, 1.165) is 24.3 Å². The van der Waals surface area contributed by atoms with Crippen LogP contribution in [0.2, 0.25) is 5.02 Å². The maximum Gasteiger partial charge on any atom is 0.322 e. The molecule has 10 heteroatoms. The number of hydrogen-bond donors (Lipinski definition) is 1. The van der Waals surface area contributed by atoms with Crippen molar-refractivity contribution in [2.75, 3.05) is 11.1 Å². The van der Waals surface area contributed by atoms with Crippen LogP contribution in [0.1, 0.15) is 6.42 Å². The third kappa shape index (κ3) is 4.89. The topological polar surface area (TPSA) is 102 Å². The Bertz CT molecular complexity index is 1070. The average molecular weight is 410 g/mol. The van der Waals surface area contributed by atoms with Crippen molar-refractivity contribution in [1.82, 2.24) is 10.2 Å². The Hall–Kier alpha value is -2.78. The summed E-state index contributed by atoms with van der Waals surface area (Å²) in [6.07, 6.45) is -0.325. The largest absolute Gasteiger partial charge is 0.403 e. The standard InChI is InChI=1S/C17H13ClFN3O4S/c18-12-3-1-2-11(10-12)16-21-22-17(26-16)20-15(23)8-9-27(24,25)14-6-4-13(19)5-7-14/h1-7,10H,8-9H2,(H,20,22,23). The molecule has 0 fully saturated rings. The van der Waals surface area contributed by atoms with E-state index in [4.69, 9.17) is 16.0 Å². The van der Waals surface area contributed by atoms with Crippen LogP contribution in [0.4, 0.5) is 10.4 Å². The molecule has 0 unspecified atom stereocenters. The molecule has 0 atom stereocenters. The normalized spacial score (nSPS) is 11.3. The van der Waals surface area contributed by atoms with Crippen LogP contribution in [0.5, 0.6) is 0 Å². The molecule has 0 aliphatic heterocycles. The van der Waals surface area contributed by atoms with Crippen molar-refractivity contribution in [3.05, 3.63) is 59.4 Å². The molecule has 1 heterocycles. The fourth-order valence-corrected chi connectivity index (χ4v) is 3.61. The first-order chi connectivity index (χ1) is 12.8. The van der Waals surface area contributed by atoms with Gasteiger partial charge in [0, 0.05) is 17.0 Å². The second-order valence-corrected chi connectivity index (χ2v) is 8.04. The highest BCUT2D eigenvalue weighted by atomic mass is 35.5. The molecule has 0 spiro atoms. The third-order valence-corrected chi connectivity index (χ3v) is 5.48. The van der Waals surface area contributed by atoms with Gasteiger partial charge >= 0.3 is 6.01 Å². The summed E-state index contributed by atoms with van der Waals surface area (Å²) in [7, 11) is -3.72. The van der Waals surface area contributed by atoms with Crippen molar-refractivity contribution in [2.45, 2.75) is 11.3 Å². The van der Waals surface area contributed by atoms with Crippen LogP contribution in [0.25, 0.3) is 11.5 Å². The van der Waals surface area contributed by atoms with Gasteiger partial charge in [-0.15, -0.1) is 5.10 Å². The first kappa shape index (κ1) is 19.0. The smallest absolute Gasteiger partial charge is 0.322 e. The zero-order valence-electron chi connectivity index (χ0n) is 13.7. The molecule has 1 amide bonds. The summed E-state index contributed by atoms with van der Waals surface area (Å²) in [6, 6.07) is 11.0. The van der Waals surface area contributed by atoms with E-state index in [1.807, 2.05) is 0 Å². The minimum atomic E-state index is -3.72. The monoisotopic (exact) mass is 409 g/mol. The number of hydrogen-bond acceptors (Lipinski definition) is 6. The summed E-state index contributed by atoms with van der Waals surface area (Å²) in [5.41, 5.74) is 0.578. The summed E-state index contributed by atoms with van der Waals surface area (Å²) in [6.45, 7) is 0. The van der Waals surface area contributed by atoms with Crippen LogP contribution >= 0.6 is 11.6 Å². The van der Waals surface area contributed by atoms with Crippen LogP contribution in [0.3, 0.4) is 0 Å². The van der Waals surface area contributed by atoms with E-state index in [1.54, 1.807) is 24.3 Å². The quantitative estimate of drug-likeness (QED) is 0.626. The van der Waals surface area contributed by atoms with Gasteiger partial charge in [-0.3, -0.25) is 10.1 Å². The molecule has 7 nitrogen and oxygen atoms in total. The molecule has 0 saturated carbocycles. The first-order valence-electron chi connectivity index (χ1n) is 7.71. The Kier molecular flexibility index (Phi) is 5.52. The Morgan fingerprint density at radius 1 is 1.15 bits per heavy atom. The number of nitrogens with one attached hydrogen (secondary N) is 1. The lowest BCUT2D eigenvalue weighted by atomic mass is 10.2. The number of benzene rings is 2. The fourth-order valence-electron chi connectivity index (χ4n) is 2.18. The Balaban J connectivity index is 1.60. The van der Waals surface area contributed by atoms with Crippen molar-refractivity contribution in [1.29, 1.82) is 0 Å². The van der Waals surface area contributed by atoms with E-state index in [2.05, 4.69) is 15.5 Å². The Morgan fingerprint density at radius 2 is 1.89 bits per heavy atom. The summed E-state index contributed by atoms with van der Waals surface area (Å²) in [5.74, 6) is -1.44. The summed E-state index contributed by atoms with van der Waals surface area (Å²) < 4.78 is 42.5. The molecule has 1 N–H and O–H groups in total. The van der Waals surface area contributed by atoms with E-state index >= 15 is 0 Å². The lowest BCUT2D eigenvalue weighted by molar-refractivity contribution is -0.115. The molecule has 0 saturated heterocycles. The molecule has 2 aromatic carbocycles. The molecule has 0 radical (unpaired) electrons. The van der Waals surface area contributed by atoms with Crippen molar-refractivity contribution in [3.8, 4) is 11.5 Å². The van der Waals surface area contributed by atoms with Crippen LogP contribution in [-0.2, 0) is 14.6 Å². The number of amides is 1. The van der Waals surface area contributed by atoms with E-state index in [9.17, 15) is 17.6 Å². The number of sulfone groups is 1. The molecular formula is C17H13ClFN3O4S. The predicted molar refractivity (Wildman–Crippen MR) is 96.4 cm³/mol. The SMILES string of the molecule is O=C(CCS(=O)(=O)c1ccc(F)cc1)Nc1nnc(-c2cccc(Cl)c2)o1. The van der Waals surface area contributed by atoms with Crippen molar-refractivity contribution in [3.63, 3.8) is 0 Å². The van der Waals surface area contributed by atoms with Gasteiger partial charge in [-0.25, -0.2) is 12.8 Å². The van der Waals surface area contributed by atoms with Gasteiger partial charge in [0.25, 0.3) is 0 Å². The summed E-state index contributed by atoms with van der Waals surface area (Å²) >= 11 is 5.89. The Labute approximate surface area is 159 Å². The van der Waals surface area contributed by atoms with E-state index in [1.165, 1.54) is 0 Å². The highest BCUT2D eigenvalue weighted by Gasteiger charge is 2.18. The lowest BCUT2D eigenvalue weighted by Gasteiger charge is -2.04. The molecule has 140 valence electrons. The maximum atomic E-state index is 12.9. The number of rotatable bonds is 6. The van der Waals surface area contributed by atoms with E-state index in [0.29, 0.717) is 10.6 Å². The maximum absolute atomic E-state index is 12.9. The molecule has 0 aliphatic rings. The number of carbonyl (C=O) groups is 1. The first-order valence-corrected chi connectivity index (χ1v) is 9.74. The van der Waals surface area contributed by atoms with Crippen molar-refractivity contribution < 1.29 is 22.0 Å². The lowest BCUT2D eigenvalue weighted by Crippen LogP contribution is -2.17. The molecule has 3 aromatic rings. The van der Waals surface area contributed by atoms with Gasteiger partial charge in [-0.05, 0) is 42.5 Å². The molecule has 0 aliphatic carbocycles. The number of carbonyl (C=O) groups excluding carboxylic acids is 1. The van der Waals surface area contributed by atoms with Crippen LogP contribution in [0.15, 0.2) is 57.8 Å². The van der Waals surface area contributed by atoms with Gasteiger partial charge in [0.1, 0.15) is 5.82 Å². The summed E-state index contributed by atoms with van der Waals surface area (Å²) in [5, 5.41) is 10.3. The minimum Gasteiger partial charge on any atom is -0.403 e. The predicted octanol–water partition coefficient (Wildman–Crippen LogP) is 3.33. The van der Waals surface area contributed by atoms with Gasteiger partial charge in [0.15, 0.2) is 9.84 Å². The second kappa shape index (κ2) is 7.85. The zero-order chi connectivity index (χ0) is 19.4. The Morgan fingerprint density at radius 3 is 2.59 bits per heavy atom. The number of anilines is 1. The van der Waals surface area contributed by atoms with Gasteiger partial charge in [0.05, 0.1) is 10.6 Å². The van der Waals surface area contributed by atoms with Crippen LogP contribution < -0.4 is 5.32 Å². The fraction of sp³-hybridized carbons (Fsp3) is 0.118. The molecule has 1 aromatic heterocycles. The average Bonchev–Trinajstić information content (AvgIpc) is 3.09. The van der Waals surface area contributed by atoms with E-state index in [-0.39, 0.29) is 23.2 Å². The second-order valence-electron chi connectivity index (χ2n) is 5.49. The zero-order valence-corrected chi connectivity index (χ0v) is 15.3. The van der Waals surface area contributed by atoms with Gasteiger partial charge < -0.3 is 4.42 Å². The number of nitrogens with zero attached hydrogens (tertiary/aromatic N) is 2. The van der Waals surface area contributed by atoms with Crippen LogP contribution in [-0.4, -0.2) is 30.3 Å². The number of aromatic nitrogens is 2. The molecule has 27 heavy (non-hydrogen) atoms. The molecule has 0 bridgehead atoms. The minimum absolute atomic E-state index is 0.0577. The van der Waals surface area contributed by atoms with Gasteiger partial charge in [-0.2, -0.15) is 0 Å². The van der Waals surface area contributed by atoms with E-state index < -0.39 is 27.3 Å². The third-order valence-electron chi connectivity index (χ3n) is 3.51. The summed E-state index contributed by atoms with van der Waals surface area (Å²) in [4.78, 5) is 11.9. The van der Waals surface area contributed by atoms with Gasteiger partial charge in [0.2, 0.25) is 11.8 Å².